The van der Waals surface area contributed by atoms with E-state index in [1.54, 1.807) is 0 Å². The molecule has 0 aliphatic carbocycles. The molecule has 0 saturated carbocycles. The van der Waals surface area contributed by atoms with E-state index in [1.807, 2.05) is 0 Å². The molecule has 0 unspecified atom stereocenters. The Labute approximate surface area is 191 Å². The van der Waals surface area contributed by atoms with Crippen LogP contribution in [0, 0.1) is 13.8 Å². The predicted octanol–water partition coefficient (Wildman–Crippen LogP) is 7.87. The van der Waals surface area contributed by atoms with Crippen molar-refractivity contribution in [1.82, 2.24) is 0 Å². The molecule has 0 aliphatic rings. The van der Waals surface area contributed by atoms with Crippen LogP contribution in [0.4, 0.5) is 0 Å². The molecular weight excluding hydrogens is 447 g/mol. The summed E-state index contributed by atoms with van der Waals surface area (Å²) in [5.41, 5.74) is 0. The summed E-state index contributed by atoms with van der Waals surface area (Å²) < 4.78 is 0. The first-order valence-electron chi connectivity index (χ1n) is 10.4. The summed E-state index contributed by atoms with van der Waals surface area (Å²) in [6.07, 6.45) is 17.9. The van der Waals surface area contributed by atoms with E-state index in [-0.39, 0.29) is 23.9 Å². The summed E-state index contributed by atoms with van der Waals surface area (Å²) in [5.74, 6) is 1.90. The van der Waals surface area contributed by atoms with E-state index in [1.165, 1.54) is 77.0 Å². The van der Waals surface area contributed by atoms with Gasteiger partial charge >= 0.3 is 23.9 Å². The van der Waals surface area contributed by atoms with Crippen LogP contribution in [0.2, 0.25) is 0 Å². The van der Waals surface area contributed by atoms with Crippen molar-refractivity contribution in [3.8, 4) is 0 Å². The molecule has 0 saturated heterocycles. The fourth-order valence-corrected chi connectivity index (χ4v) is 1.82. The Kier molecular flexibility index (Phi) is 74.5. The Hall–Kier alpha value is 1.50. The van der Waals surface area contributed by atoms with E-state index < -0.39 is 0 Å². The molecule has 0 spiro atoms. The van der Waals surface area contributed by atoms with Crippen molar-refractivity contribution in [1.29, 1.82) is 0 Å². The summed E-state index contributed by atoms with van der Waals surface area (Å²) >= 11 is 9.60. The number of unbranched alkanes of at least 4 members (excludes halogenated alkanes) is 10. The molecule has 0 nitrogen and oxygen atoms in total. The molecule has 0 N–H and O–H groups in total. The third-order valence-corrected chi connectivity index (χ3v) is 3.78. The first-order valence-corrected chi connectivity index (χ1v) is 11.6. The second kappa shape index (κ2) is 50.0. The molecule has 25 heavy (non-hydrogen) atoms. The molecule has 3 heteroatoms. The molecule has 0 amide bonds. The van der Waals surface area contributed by atoms with E-state index in [4.69, 9.17) is 25.3 Å². The Bertz CT molecular complexity index is 112. The van der Waals surface area contributed by atoms with Crippen LogP contribution in [0.3, 0.4) is 0 Å². The van der Waals surface area contributed by atoms with Gasteiger partial charge in [-0.2, -0.15) is 11.5 Å². The maximum absolute atomic E-state index is 4.80. The van der Waals surface area contributed by atoms with Crippen molar-refractivity contribution >= 4 is 49.2 Å². The van der Waals surface area contributed by atoms with Gasteiger partial charge in [0.15, 0.2) is 0 Å². The second-order valence-electron chi connectivity index (χ2n) is 5.94. The summed E-state index contributed by atoms with van der Waals surface area (Å²) in [5, 5.41) is 0. The van der Waals surface area contributed by atoms with Crippen LogP contribution < -0.4 is 0 Å². The number of rotatable bonds is 12. The van der Waals surface area contributed by atoms with Crippen molar-refractivity contribution in [3.05, 3.63) is 13.8 Å². The summed E-state index contributed by atoms with van der Waals surface area (Å²) in [6.45, 7) is 15.9. The van der Waals surface area contributed by atoms with Crippen LogP contribution >= 0.6 is 0 Å². The average molecular weight is 495 g/mol. The van der Waals surface area contributed by atoms with E-state index in [0.29, 0.717) is 0 Å². The van der Waals surface area contributed by atoms with Crippen molar-refractivity contribution in [2.75, 3.05) is 11.5 Å². The molecular formula is C22H48S2Sn. The minimum absolute atomic E-state index is 0. The normalized spacial score (nSPS) is 8.64. The van der Waals surface area contributed by atoms with Gasteiger partial charge in [-0.05, 0) is 0 Å². The van der Waals surface area contributed by atoms with Crippen LogP contribution in [0.1, 0.15) is 118 Å². The number of hydrogen-bond acceptors (Lipinski definition) is 2. The minimum Gasteiger partial charge on any atom is -0.793 e. The molecule has 0 fully saturated rings. The van der Waals surface area contributed by atoms with Gasteiger partial charge in [0.1, 0.15) is 0 Å². The van der Waals surface area contributed by atoms with Crippen molar-refractivity contribution in [2.45, 2.75) is 118 Å². The Balaban J connectivity index is -0.0000000739. The average Bonchev–Trinajstić information content (AvgIpc) is 2.63. The van der Waals surface area contributed by atoms with Gasteiger partial charge in [-0.15, -0.1) is 0 Å². The quantitative estimate of drug-likeness (QED) is 0.154. The SMILES string of the molecule is CCCCCCC[S-].CCCCCCC[S-].[CH2]CCC.[CH2]CCC.[Sn+2]. The van der Waals surface area contributed by atoms with Crippen molar-refractivity contribution in [2.24, 2.45) is 0 Å². The second-order valence-corrected chi connectivity index (χ2v) is 6.76. The number of hydrogen-bond donors (Lipinski definition) is 0. The van der Waals surface area contributed by atoms with Gasteiger partial charge in [0, 0.05) is 0 Å². The largest absolute Gasteiger partial charge is 2.00 e. The van der Waals surface area contributed by atoms with Gasteiger partial charge in [-0.25, -0.2) is 0 Å². The minimum atomic E-state index is 0. The molecule has 0 aliphatic heterocycles. The zero-order valence-electron chi connectivity index (χ0n) is 18.0. The Morgan fingerprint density at radius 2 is 0.720 bits per heavy atom. The van der Waals surface area contributed by atoms with E-state index in [9.17, 15) is 0 Å². The summed E-state index contributed by atoms with van der Waals surface area (Å²) in [6, 6.07) is 0. The molecule has 0 aromatic rings. The topological polar surface area (TPSA) is 0 Å². The molecule has 0 atom stereocenters. The molecule has 0 aromatic heterocycles. The molecule has 152 valence electrons. The van der Waals surface area contributed by atoms with Crippen LogP contribution in [-0.4, -0.2) is 35.4 Å². The summed E-state index contributed by atoms with van der Waals surface area (Å²) in [7, 11) is 0. The van der Waals surface area contributed by atoms with Crippen LogP contribution in [0.5, 0.6) is 0 Å². The van der Waals surface area contributed by atoms with E-state index in [0.717, 1.165) is 24.3 Å². The molecule has 0 rings (SSSR count). The zero-order valence-corrected chi connectivity index (χ0v) is 22.5. The van der Waals surface area contributed by atoms with Crippen molar-refractivity contribution in [3.63, 3.8) is 0 Å². The smallest absolute Gasteiger partial charge is 0.793 e. The van der Waals surface area contributed by atoms with Gasteiger partial charge in [0.05, 0.1) is 0 Å². The first-order chi connectivity index (χ1) is 11.7. The van der Waals surface area contributed by atoms with E-state index >= 15 is 0 Å². The molecule has 0 aromatic carbocycles. The fourth-order valence-electron chi connectivity index (χ4n) is 1.41. The third-order valence-electron chi connectivity index (χ3n) is 3.20. The van der Waals surface area contributed by atoms with Crippen LogP contribution in [0.15, 0.2) is 0 Å². The fraction of sp³-hybridized carbons (Fsp3) is 0.909. The Morgan fingerprint density at radius 1 is 0.480 bits per heavy atom. The first kappa shape index (κ1) is 37.3. The van der Waals surface area contributed by atoms with Crippen molar-refractivity contribution < 1.29 is 0 Å². The van der Waals surface area contributed by atoms with Gasteiger partial charge in [0.25, 0.3) is 0 Å². The predicted molar refractivity (Wildman–Crippen MR) is 128 cm³/mol. The van der Waals surface area contributed by atoms with Gasteiger partial charge in [0.2, 0.25) is 0 Å². The van der Waals surface area contributed by atoms with Gasteiger partial charge in [-0.3, -0.25) is 0 Å². The molecule has 0 bridgehead atoms. The maximum atomic E-state index is 4.80. The zero-order chi connectivity index (χ0) is 19.3. The summed E-state index contributed by atoms with van der Waals surface area (Å²) in [4.78, 5) is 0. The van der Waals surface area contributed by atoms with Gasteiger partial charge < -0.3 is 25.3 Å². The maximum Gasteiger partial charge on any atom is 2.00 e. The van der Waals surface area contributed by atoms with Crippen LogP contribution in [0.25, 0.3) is 0 Å². The monoisotopic (exact) mass is 496 g/mol. The van der Waals surface area contributed by atoms with Gasteiger partial charge in [-0.1, -0.05) is 131 Å². The van der Waals surface area contributed by atoms with Crippen LogP contribution in [-0.2, 0) is 25.3 Å². The molecule has 4 radical (unpaired) electrons. The Morgan fingerprint density at radius 3 is 0.880 bits per heavy atom. The standard InChI is InChI=1S/2C7H16S.2C4H9.Sn/c2*1-2-3-4-5-6-7-8;2*1-3-4-2;/h2*8H,2-7H2,1H3;2*1,3-4H2,2H3;/q;;;;+2/p-2. The van der Waals surface area contributed by atoms with E-state index in [2.05, 4.69) is 41.5 Å². The molecule has 0 heterocycles. The third kappa shape index (κ3) is 77.3.